The van der Waals surface area contributed by atoms with Crippen molar-refractivity contribution >= 4 is 20.2 Å². The fourth-order valence-corrected chi connectivity index (χ4v) is 3.06. The lowest BCUT2D eigenvalue weighted by atomic mass is 10.3. The molecule has 0 aromatic rings. The van der Waals surface area contributed by atoms with E-state index >= 15 is 0 Å². The van der Waals surface area contributed by atoms with Crippen molar-refractivity contribution < 1.29 is 34.0 Å². The van der Waals surface area contributed by atoms with Crippen LogP contribution in [-0.4, -0.2) is 54.9 Å². The van der Waals surface area contributed by atoms with E-state index in [-0.39, 0.29) is 50.4 Å². The maximum atomic E-state index is 11.8. The highest BCUT2D eigenvalue weighted by atomic mass is 32.2. The lowest BCUT2D eigenvalue weighted by molar-refractivity contribution is 0.269. The van der Waals surface area contributed by atoms with Gasteiger partial charge in [0.2, 0.25) is 0 Å². The molecule has 6 nitrogen and oxygen atoms in total. The normalized spacial score (nSPS) is 12.7. The zero-order valence-corrected chi connectivity index (χ0v) is 12.7. The Labute approximate surface area is 118 Å². The van der Waals surface area contributed by atoms with E-state index < -0.39 is 33.6 Å². The van der Waals surface area contributed by atoms with E-state index in [1.54, 1.807) is 0 Å². The molecule has 0 aliphatic rings. The molecule has 0 aromatic carbocycles. The first kappa shape index (κ1) is 19.7. The maximum absolute atomic E-state index is 11.8. The van der Waals surface area contributed by atoms with Gasteiger partial charge < -0.3 is 0 Å². The van der Waals surface area contributed by atoms with E-state index in [0.717, 1.165) is 0 Å². The number of halogens is 2. The largest absolute Gasteiger partial charge is 0.270 e. The van der Waals surface area contributed by atoms with Crippen LogP contribution in [0.2, 0.25) is 0 Å². The molecule has 20 heavy (non-hydrogen) atoms. The minimum atomic E-state index is -3.71. The second-order valence-electron chi connectivity index (χ2n) is 3.96. The molecule has 0 N–H and O–H groups in total. The van der Waals surface area contributed by atoms with Crippen molar-refractivity contribution in [3.8, 4) is 0 Å². The molecular weight excluding hydrogens is 318 g/mol. The molecule has 0 atom stereocenters. The van der Waals surface area contributed by atoms with Crippen molar-refractivity contribution in [3.63, 3.8) is 0 Å². The fourth-order valence-electron chi connectivity index (χ4n) is 1.16. The molecule has 122 valence electrons. The summed E-state index contributed by atoms with van der Waals surface area (Å²) in [5, 5.41) is 0. The van der Waals surface area contributed by atoms with Gasteiger partial charge in [0.1, 0.15) is 0 Å². The summed E-state index contributed by atoms with van der Waals surface area (Å²) >= 11 is 0. The molecule has 0 spiro atoms. The van der Waals surface area contributed by atoms with Gasteiger partial charge in [-0.1, -0.05) is 0 Å². The lowest BCUT2D eigenvalue weighted by Gasteiger charge is -2.06. The number of unbranched alkanes of at least 4 members (excludes halogenated alkanes) is 1. The first-order valence-electron chi connectivity index (χ1n) is 6.19. The van der Waals surface area contributed by atoms with Crippen molar-refractivity contribution in [2.45, 2.75) is 25.7 Å². The van der Waals surface area contributed by atoms with Crippen LogP contribution in [0.15, 0.2) is 0 Å². The maximum Gasteiger partial charge on any atom is 0.267 e. The molecule has 0 aliphatic heterocycles. The second-order valence-corrected chi connectivity index (χ2v) is 7.48. The summed E-state index contributed by atoms with van der Waals surface area (Å²) < 4.78 is 77.3. The van der Waals surface area contributed by atoms with Gasteiger partial charge in [0.25, 0.3) is 20.2 Å². The molecule has 0 fully saturated rings. The molecule has 0 aromatic heterocycles. The van der Waals surface area contributed by atoms with Crippen LogP contribution in [0.3, 0.4) is 0 Å². The standard InChI is InChI=1S/C10H20F2O6S2/c11-5-3-9-19(13,14)17-7-1-2-8-18-20(15,16)10-4-6-12/h1-10H2. The minimum Gasteiger partial charge on any atom is -0.270 e. The van der Waals surface area contributed by atoms with Gasteiger partial charge in [-0.25, -0.2) is 0 Å². The van der Waals surface area contributed by atoms with Crippen molar-refractivity contribution in [1.29, 1.82) is 0 Å². The van der Waals surface area contributed by atoms with E-state index in [9.17, 15) is 25.6 Å². The summed E-state index contributed by atoms with van der Waals surface area (Å²) in [7, 11) is -7.42. The summed E-state index contributed by atoms with van der Waals surface area (Å²) in [4.78, 5) is 0. The van der Waals surface area contributed by atoms with Crippen molar-refractivity contribution in [1.82, 2.24) is 0 Å². The summed E-state index contributed by atoms with van der Waals surface area (Å²) in [6.07, 6.45) is 0.345. The van der Waals surface area contributed by atoms with Crippen LogP contribution in [-0.2, 0) is 28.6 Å². The van der Waals surface area contributed by atoms with Gasteiger partial charge in [-0.2, -0.15) is 16.8 Å². The Kier molecular flexibility index (Phi) is 10.2. The minimum absolute atomic E-state index is 0.109. The molecule has 0 heterocycles. The molecular formula is C10H20F2O6S2. The second kappa shape index (κ2) is 10.4. The van der Waals surface area contributed by atoms with Gasteiger partial charge in [0, 0.05) is 0 Å². The molecule has 0 unspecified atom stereocenters. The molecule has 0 rings (SSSR count). The highest BCUT2D eigenvalue weighted by Gasteiger charge is 2.12. The molecule has 0 bridgehead atoms. The van der Waals surface area contributed by atoms with Crippen LogP contribution >= 0.6 is 0 Å². The Morgan fingerprint density at radius 2 is 1.00 bits per heavy atom. The quantitative estimate of drug-likeness (QED) is 0.370. The molecule has 0 amide bonds. The molecule has 0 aliphatic carbocycles. The third kappa shape index (κ3) is 11.5. The molecule has 0 radical (unpaired) electrons. The smallest absolute Gasteiger partial charge is 0.267 e. The third-order valence-electron chi connectivity index (χ3n) is 2.12. The lowest BCUT2D eigenvalue weighted by Crippen LogP contribution is -2.14. The molecule has 0 saturated carbocycles. The van der Waals surface area contributed by atoms with Crippen LogP contribution in [0.25, 0.3) is 0 Å². The van der Waals surface area contributed by atoms with Gasteiger partial charge in [0.15, 0.2) is 0 Å². The Morgan fingerprint density at radius 1 is 0.650 bits per heavy atom. The number of alkyl halides is 2. The van der Waals surface area contributed by atoms with E-state index in [0.29, 0.717) is 0 Å². The monoisotopic (exact) mass is 338 g/mol. The van der Waals surface area contributed by atoms with Crippen LogP contribution in [0.5, 0.6) is 0 Å². The highest BCUT2D eigenvalue weighted by Crippen LogP contribution is 2.03. The predicted octanol–water partition coefficient (Wildman–Crippen LogP) is 1.18. The van der Waals surface area contributed by atoms with Crippen molar-refractivity contribution in [3.05, 3.63) is 0 Å². The highest BCUT2D eigenvalue weighted by molar-refractivity contribution is 7.86. The topological polar surface area (TPSA) is 86.7 Å². The van der Waals surface area contributed by atoms with Crippen LogP contribution in [0.1, 0.15) is 25.7 Å². The van der Waals surface area contributed by atoms with E-state index in [4.69, 9.17) is 0 Å². The predicted molar refractivity (Wildman–Crippen MR) is 69.9 cm³/mol. The van der Waals surface area contributed by atoms with Crippen LogP contribution < -0.4 is 0 Å². The number of rotatable bonds is 13. The Bertz CT molecular complexity index is 393. The summed E-state index contributed by atoms with van der Waals surface area (Å²) in [6, 6.07) is 0. The number of hydrogen-bond acceptors (Lipinski definition) is 6. The molecule has 10 heteroatoms. The van der Waals surface area contributed by atoms with Crippen molar-refractivity contribution in [2.24, 2.45) is 0 Å². The SMILES string of the molecule is O=S(=O)(CCCF)OCCCCOS(=O)(=O)CCCF. The average molecular weight is 338 g/mol. The van der Waals surface area contributed by atoms with E-state index in [2.05, 4.69) is 8.37 Å². The van der Waals surface area contributed by atoms with E-state index in [1.807, 2.05) is 0 Å². The van der Waals surface area contributed by atoms with Gasteiger partial charge in [-0.15, -0.1) is 0 Å². The Hall–Kier alpha value is -0.320. The zero-order valence-electron chi connectivity index (χ0n) is 11.1. The van der Waals surface area contributed by atoms with Crippen LogP contribution in [0, 0.1) is 0 Å². The van der Waals surface area contributed by atoms with Crippen LogP contribution in [0.4, 0.5) is 8.78 Å². The van der Waals surface area contributed by atoms with Gasteiger partial charge >= 0.3 is 0 Å². The first-order chi connectivity index (χ1) is 9.33. The van der Waals surface area contributed by atoms with Gasteiger partial charge in [-0.05, 0) is 25.7 Å². The summed E-state index contributed by atoms with van der Waals surface area (Å²) in [5.41, 5.74) is 0. The summed E-state index contributed by atoms with van der Waals surface area (Å²) in [6.45, 7) is -1.68. The van der Waals surface area contributed by atoms with Gasteiger partial charge in [0.05, 0.1) is 38.1 Å². The summed E-state index contributed by atoms with van der Waals surface area (Å²) in [5.74, 6) is -0.755. The first-order valence-corrected chi connectivity index (χ1v) is 9.34. The average Bonchev–Trinajstić information content (AvgIpc) is 2.38. The Morgan fingerprint density at radius 3 is 1.30 bits per heavy atom. The Balaban J connectivity index is 3.67. The third-order valence-corrected chi connectivity index (χ3v) is 4.75. The van der Waals surface area contributed by atoms with E-state index in [1.165, 1.54) is 0 Å². The van der Waals surface area contributed by atoms with Gasteiger partial charge in [-0.3, -0.25) is 17.1 Å². The molecule has 0 saturated heterocycles. The fraction of sp³-hybridized carbons (Fsp3) is 1.00. The number of hydrogen-bond donors (Lipinski definition) is 0. The van der Waals surface area contributed by atoms with Crippen molar-refractivity contribution in [2.75, 3.05) is 38.1 Å². The zero-order chi connectivity index (χ0) is 15.5.